The molecular formula is C16H11ClF3NOS. The molecule has 2 aromatic carbocycles. The highest BCUT2D eigenvalue weighted by atomic mass is 35.5. The molecule has 0 saturated carbocycles. The van der Waals surface area contributed by atoms with Gasteiger partial charge in [0, 0.05) is 10.7 Å². The molecule has 2 nitrogen and oxygen atoms in total. The maximum Gasteiger partial charge on any atom is 0.416 e. The number of amides is 1. The summed E-state index contributed by atoms with van der Waals surface area (Å²) in [6, 6.07) is 11.7. The summed E-state index contributed by atoms with van der Waals surface area (Å²) >= 11 is 7.30. The zero-order chi connectivity index (χ0) is 16.6. The molecule has 1 aliphatic rings. The molecule has 1 fully saturated rings. The second kappa shape index (κ2) is 6.09. The van der Waals surface area contributed by atoms with Gasteiger partial charge in [0.2, 0.25) is 5.91 Å². The summed E-state index contributed by atoms with van der Waals surface area (Å²) in [6.07, 6.45) is -4.39. The molecule has 0 bridgehead atoms. The van der Waals surface area contributed by atoms with Crippen molar-refractivity contribution in [2.75, 3.05) is 10.7 Å². The predicted octanol–water partition coefficient (Wildman–Crippen LogP) is 5.14. The van der Waals surface area contributed by atoms with E-state index < -0.39 is 11.7 Å². The lowest BCUT2D eigenvalue weighted by Crippen LogP contribution is -2.27. The average molecular weight is 358 g/mol. The van der Waals surface area contributed by atoms with Crippen LogP contribution in [0, 0.1) is 0 Å². The average Bonchev–Trinajstić information content (AvgIpc) is 2.89. The fourth-order valence-electron chi connectivity index (χ4n) is 2.39. The molecule has 0 aliphatic carbocycles. The van der Waals surface area contributed by atoms with Crippen LogP contribution in [0.3, 0.4) is 0 Å². The smallest absolute Gasteiger partial charge is 0.295 e. The fourth-order valence-corrected chi connectivity index (χ4v) is 3.69. The van der Waals surface area contributed by atoms with Gasteiger partial charge in [-0.05, 0) is 42.0 Å². The van der Waals surface area contributed by atoms with E-state index in [9.17, 15) is 18.0 Å². The summed E-state index contributed by atoms with van der Waals surface area (Å²) in [5.74, 6) is 0.156. The number of hydrogen-bond donors (Lipinski definition) is 0. The zero-order valence-corrected chi connectivity index (χ0v) is 13.3. The second-order valence-electron chi connectivity index (χ2n) is 5.02. The molecule has 1 amide bonds. The summed E-state index contributed by atoms with van der Waals surface area (Å²) in [5.41, 5.74) is 0.599. The van der Waals surface area contributed by atoms with E-state index >= 15 is 0 Å². The van der Waals surface area contributed by atoms with Crippen molar-refractivity contribution in [2.24, 2.45) is 0 Å². The maximum atomic E-state index is 12.7. The van der Waals surface area contributed by atoms with Crippen LogP contribution in [0.2, 0.25) is 5.02 Å². The van der Waals surface area contributed by atoms with Gasteiger partial charge in [0.05, 0.1) is 11.3 Å². The van der Waals surface area contributed by atoms with Gasteiger partial charge >= 0.3 is 6.18 Å². The van der Waals surface area contributed by atoms with Gasteiger partial charge in [-0.3, -0.25) is 9.69 Å². The molecule has 1 heterocycles. The van der Waals surface area contributed by atoms with Crippen LogP contribution in [0.15, 0.2) is 48.5 Å². The summed E-state index contributed by atoms with van der Waals surface area (Å²) in [7, 11) is 0. The Morgan fingerprint density at radius 3 is 2.22 bits per heavy atom. The molecule has 1 atom stereocenters. The van der Waals surface area contributed by atoms with E-state index in [0.29, 0.717) is 10.7 Å². The molecule has 0 unspecified atom stereocenters. The van der Waals surface area contributed by atoms with Gasteiger partial charge in [0.25, 0.3) is 0 Å². The minimum atomic E-state index is -4.39. The van der Waals surface area contributed by atoms with Gasteiger partial charge in [0.15, 0.2) is 0 Å². The van der Waals surface area contributed by atoms with Gasteiger partial charge in [-0.2, -0.15) is 13.2 Å². The Bertz CT molecular complexity index is 716. The highest BCUT2D eigenvalue weighted by Gasteiger charge is 2.35. The van der Waals surface area contributed by atoms with Gasteiger partial charge in [-0.15, -0.1) is 11.8 Å². The third-order valence-electron chi connectivity index (χ3n) is 3.50. The number of thioether (sulfide) groups is 1. The second-order valence-corrected chi connectivity index (χ2v) is 6.53. The lowest BCUT2D eigenvalue weighted by atomic mass is 10.1. The van der Waals surface area contributed by atoms with Crippen LogP contribution in [0.4, 0.5) is 18.9 Å². The monoisotopic (exact) mass is 357 g/mol. The lowest BCUT2D eigenvalue weighted by molar-refractivity contribution is -0.137. The largest absolute Gasteiger partial charge is 0.416 e. The number of rotatable bonds is 2. The van der Waals surface area contributed by atoms with Crippen LogP contribution in [-0.2, 0) is 11.0 Å². The molecule has 1 aliphatic heterocycles. The number of hydrogen-bond acceptors (Lipinski definition) is 2. The van der Waals surface area contributed by atoms with Crippen molar-refractivity contribution in [2.45, 2.75) is 11.6 Å². The zero-order valence-electron chi connectivity index (χ0n) is 11.7. The molecule has 7 heteroatoms. The maximum absolute atomic E-state index is 12.7. The molecular weight excluding hydrogens is 347 g/mol. The van der Waals surface area contributed by atoms with Gasteiger partial charge in [-0.25, -0.2) is 0 Å². The SMILES string of the molecule is O=C1CS[C@@H](c2ccc(Cl)cc2)N1c1ccc(C(F)(F)F)cc1. The Hall–Kier alpha value is -1.66. The van der Waals surface area contributed by atoms with Crippen molar-refractivity contribution in [3.8, 4) is 0 Å². The first-order chi connectivity index (χ1) is 10.9. The van der Waals surface area contributed by atoms with Crippen molar-refractivity contribution in [3.63, 3.8) is 0 Å². The number of carbonyl (C=O) groups excluding carboxylic acids is 1. The van der Waals surface area contributed by atoms with Crippen molar-refractivity contribution < 1.29 is 18.0 Å². The molecule has 120 valence electrons. The number of carbonyl (C=O) groups is 1. The number of anilines is 1. The molecule has 0 aromatic heterocycles. The molecule has 2 aromatic rings. The summed E-state index contributed by atoms with van der Waals surface area (Å²) < 4.78 is 38.0. The predicted molar refractivity (Wildman–Crippen MR) is 85.6 cm³/mol. The standard InChI is InChI=1S/C16H11ClF3NOS/c17-12-5-1-10(2-6-12)15-21(14(22)9-23-15)13-7-3-11(4-8-13)16(18,19)20/h1-8,15H,9H2/t15-/m0/s1. The van der Waals surface area contributed by atoms with Gasteiger partial charge in [0.1, 0.15) is 5.37 Å². The van der Waals surface area contributed by atoms with E-state index in [4.69, 9.17) is 11.6 Å². The topological polar surface area (TPSA) is 20.3 Å². The Labute approximate surface area is 140 Å². The first-order valence-corrected chi connectivity index (χ1v) is 8.15. The fraction of sp³-hybridized carbons (Fsp3) is 0.188. The van der Waals surface area contributed by atoms with Gasteiger partial charge in [-0.1, -0.05) is 23.7 Å². The normalized spacial score (nSPS) is 18.5. The van der Waals surface area contributed by atoms with Crippen molar-refractivity contribution in [1.82, 2.24) is 0 Å². The van der Waals surface area contributed by atoms with E-state index in [1.807, 2.05) is 12.1 Å². The van der Waals surface area contributed by atoms with Crippen LogP contribution >= 0.6 is 23.4 Å². The highest BCUT2D eigenvalue weighted by Crippen LogP contribution is 2.42. The molecule has 0 radical (unpaired) electrons. The highest BCUT2D eigenvalue weighted by molar-refractivity contribution is 8.00. The van der Waals surface area contributed by atoms with E-state index in [0.717, 1.165) is 17.7 Å². The van der Waals surface area contributed by atoms with Crippen LogP contribution in [0.5, 0.6) is 0 Å². The molecule has 0 N–H and O–H groups in total. The summed E-state index contributed by atoms with van der Waals surface area (Å²) in [4.78, 5) is 13.7. The Morgan fingerprint density at radius 1 is 1.04 bits per heavy atom. The Balaban J connectivity index is 1.92. The van der Waals surface area contributed by atoms with Crippen LogP contribution < -0.4 is 4.90 Å². The molecule has 23 heavy (non-hydrogen) atoms. The van der Waals surface area contributed by atoms with Crippen LogP contribution in [0.25, 0.3) is 0 Å². The third-order valence-corrected chi connectivity index (χ3v) is 4.96. The first kappa shape index (κ1) is 16.2. The van der Waals surface area contributed by atoms with Crippen molar-refractivity contribution in [1.29, 1.82) is 0 Å². The number of halogens is 4. The van der Waals surface area contributed by atoms with E-state index in [2.05, 4.69) is 0 Å². The molecule has 1 saturated heterocycles. The Kier molecular flexibility index (Phi) is 4.29. The van der Waals surface area contributed by atoms with E-state index in [1.54, 1.807) is 12.1 Å². The third kappa shape index (κ3) is 3.33. The minimum absolute atomic E-state index is 0.130. The van der Waals surface area contributed by atoms with Crippen LogP contribution in [-0.4, -0.2) is 11.7 Å². The van der Waals surface area contributed by atoms with E-state index in [1.165, 1.54) is 28.8 Å². The number of nitrogens with zero attached hydrogens (tertiary/aromatic N) is 1. The number of benzene rings is 2. The lowest BCUT2D eigenvalue weighted by Gasteiger charge is -2.24. The minimum Gasteiger partial charge on any atom is -0.295 e. The molecule has 0 spiro atoms. The van der Waals surface area contributed by atoms with Crippen LogP contribution in [0.1, 0.15) is 16.5 Å². The first-order valence-electron chi connectivity index (χ1n) is 6.72. The molecule has 3 rings (SSSR count). The number of alkyl halides is 3. The van der Waals surface area contributed by atoms with E-state index in [-0.39, 0.29) is 17.0 Å². The Morgan fingerprint density at radius 2 is 1.65 bits per heavy atom. The summed E-state index contributed by atoms with van der Waals surface area (Å²) in [6.45, 7) is 0. The van der Waals surface area contributed by atoms with Gasteiger partial charge < -0.3 is 0 Å². The van der Waals surface area contributed by atoms with Crippen molar-refractivity contribution in [3.05, 3.63) is 64.7 Å². The quantitative estimate of drug-likeness (QED) is 0.742. The van der Waals surface area contributed by atoms with Crippen molar-refractivity contribution >= 4 is 35.0 Å². The summed E-state index contributed by atoms with van der Waals surface area (Å²) in [5, 5.41) is 0.320.